The van der Waals surface area contributed by atoms with Gasteiger partial charge in [-0.25, -0.2) is 4.52 Å². The van der Waals surface area contributed by atoms with Gasteiger partial charge in [0.05, 0.1) is 41.1 Å². The van der Waals surface area contributed by atoms with Gasteiger partial charge < -0.3 is 25.6 Å². The smallest absolute Gasteiger partial charge is 0.252 e. The number of benzene rings is 1. The Kier molecular flexibility index (Phi) is 6.52. The molecule has 3 aromatic rings. The molecule has 3 aliphatic carbocycles. The van der Waals surface area contributed by atoms with Gasteiger partial charge in [-0.2, -0.15) is 5.10 Å². The third-order valence-corrected chi connectivity index (χ3v) is 8.39. The van der Waals surface area contributed by atoms with Crippen molar-refractivity contribution in [3.8, 4) is 11.5 Å². The Morgan fingerprint density at radius 1 is 1.15 bits per heavy atom. The van der Waals surface area contributed by atoms with E-state index in [4.69, 9.17) is 15.2 Å². The fourth-order valence-corrected chi connectivity index (χ4v) is 6.33. The zero-order chi connectivity index (χ0) is 28.2. The second kappa shape index (κ2) is 9.80. The van der Waals surface area contributed by atoms with Gasteiger partial charge in [-0.05, 0) is 89.0 Å². The average Bonchev–Trinajstić information content (AvgIpc) is 3.60. The maximum Gasteiger partial charge on any atom is 0.252 e. The van der Waals surface area contributed by atoms with Gasteiger partial charge in [0, 0.05) is 17.5 Å². The lowest BCUT2D eigenvalue weighted by molar-refractivity contribution is -0.126. The van der Waals surface area contributed by atoms with Crippen LogP contribution in [0.4, 0.5) is 0 Å². The third kappa shape index (κ3) is 5.39. The molecule has 0 radical (unpaired) electrons. The Labute approximate surface area is 234 Å². The van der Waals surface area contributed by atoms with Crippen LogP contribution < -0.4 is 20.5 Å². The van der Waals surface area contributed by atoms with E-state index in [0.717, 1.165) is 66.6 Å². The van der Waals surface area contributed by atoms with E-state index in [1.807, 2.05) is 35.7 Å². The Morgan fingerprint density at radius 2 is 1.88 bits per heavy atom. The molecule has 9 heteroatoms. The largest absolute Gasteiger partial charge is 0.490 e. The maximum absolute atomic E-state index is 13.0. The molecule has 9 nitrogen and oxygen atoms in total. The van der Waals surface area contributed by atoms with Gasteiger partial charge in [0.15, 0.2) is 0 Å². The predicted octanol–water partition coefficient (Wildman–Crippen LogP) is 3.82. The molecule has 6 rings (SSSR count). The van der Waals surface area contributed by atoms with Crippen molar-refractivity contribution in [2.75, 3.05) is 6.61 Å². The number of amides is 2. The Bertz CT molecular complexity index is 1450. The number of fused-ring (bicyclic) bond motifs is 1. The van der Waals surface area contributed by atoms with Crippen LogP contribution in [-0.4, -0.2) is 50.9 Å². The van der Waals surface area contributed by atoms with E-state index >= 15 is 0 Å². The number of hydrogen-bond donors (Lipinski definition) is 3. The Morgan fingerprint density at radius 3 is 2.55 bits per heavy atom. The van der Waals surface area contributed by atoms with E-state index in [0.29, 0.717) is 17.2 Å². The molecule has 2 aromatic heterocycles. The summed E-state index contributed by atoms with van der Waals surface area (Å²) in [7, 11) is 0. The molecule has 0 aliphatic heterocycles. The summed E-state index contributed by atoms with van der Waals surface area (Å²) < 4.78 is 14.0. The lowest BCUT2D eigenvalue weighted by Crippen LogP contribution is -2.59. The van der Waals surface area contributed by atoms with Crippen molar-refractivity contribution >= 4 is 17.3 Å². The summed E-state index contributed by atoms with van der Waals surface area (Å²) in [5, 5.41) is 17.9. The van der Waals surface area contributed by atoms with Gasteiger partial charge in [-0.1, -0.05) is 11.6 Å². The highest BCUT2D eigenvalue weighted by Gasteiger charge is 2.54. The molecular weight excluding hydrogens is 508 g/mol. The molecule has 2 heterocycles. The third-order valence-electron chi connectivity index (χ3n) is 8.39. The number of rotatable bonds is 10. The molecule has 1 spiro atoms. The first-order valence-electron chi connectivity index (χ1n) is 14.2. The normalized spacial score (nSPS) is 23.9. The molecule has 0 atom stereocenters. The highest BCUT2D eigenvalue weighted by atomic mass is 16.5. The van der Waals surface area contributed by atoms with E-state index in [2.05, 4.69) is 10.4 Å². The lowest BCUT2D eigenvalue weighted by Gasteiger charge is -2.57. The molecule has 0 unspecified atom stereocenters. The fourth-order valence-electron chi connectivity index (χ4n) is 6.33. The number of hydrogen-bond acceptors (Lipinski definition) is 6. The van der Waals surface area contributed by atoms with Crippen molar-refractivity contribution in [1.29, 1.82) is 0 Å². The van der Waals surface area contributed by atoms with E-state index in [-0.39, 0.29) is 36.5 Å². The van der Waals surface area contributed by atoms with Gasteiger partial charge in [0.1, 0.15) is 18.1 Å². The molecule has 4 N–H and O–H groups in total. The van der Waals surface area contributed by atoms with Crippen LogP contribution in [0.1, 0.15) is 85.5 Å². The topological polar surface area (TPSA) is 128 Å². The number of nitrogens with two attached hydrogens (primary N) is 1. The van der Waals surface area contributed by atoms with Crippen molar-refractivity contribution < 1.29 is 24.2 Å². The van der Waals surface area contributed by atoms with Gasteiger partial charge in [-0.15, -0.1) is 0 Å². The summed E-state index contributed by atoms with van der Waals surface area (Å²) in [6.45, 7) is 5.57. The second-order valence-electron chi connectivity index (χ2n) is 12.8. The molecule has 0 bridgehead atoms. The predicted molar refractivity (Wildman–Crippen MR) is 150 cm³/mol. The molecule has 40 heavy (non-hydrogen) atoms. The maximum atomic E-state index is 13.0. The lowest BCUT2D eigenvalue weighted by atomic mass is 9.53. The number of carbonyl (C=O) groups is 2. The quantitative estimate of drug-likeness (QED) is 0.355. The number of carbonyl (C=O) groups excluding carboxylic acids is 2. The number of nitrogens with one attached hydrogen (secondary N) is 1. The molecule has 2 amide bonds. The zero-order valence-corrected chi connectivity index (χ0v) is 23.4. The van der Waals surface area contributed by atoms with Crippen LogP contribution in [0.25, 0.3) is 5.52 Å². The highest BCUT2D eigenvalue weighted by Crippen LogP contribution is 2.57. The van der Waals surface area contributed by atoms with Crippen LogP contribution in [0.5, 0.6) is 11.5 Å². The van der Waals surface area contributed by atoms with Gasteiger partial charge in [-0.3, -0.25) is 9.59 Å². The molecule has 1 aromatic carbocycles. The number of aryl methyl sites for hydroxylation is 1. The number of pyridine rings is 1. The molecule has 3 saturated carbocycles. The van der Waals surface area contributed by atoms with E-state index in [1.165, 1.54) is 0 Å². The summed E-state index contributed by atoms with van der Waals surface area (Å²) >= 11 is 0. The first-order chi connectivity index (χ1) is 19.0. The molecule has 3 fully saturated rings. The monoisotopic (exact) mass is 546 g/mol. The summed E-state index contributed by atoms with van der Waals surface area (Å²) in [5.41, 5.74) is 9.04. The van der Waals surface area contributed by atoms with Crippen LogP contribution in [-0.2, 0) is 11.2 Å². The van der Waals surface area contributed by atoms with Gasteiger partial charge in [0.25, 0.3) is 5.91 Å². The SMILES string of the molecule is Cc1ccc(OC2CC3(CC(NC(=O)Cc4cnn5c(C6CC6)c(OCC(C)(C)O)ccc45)C3)C2)c(C(N)=O)c1. The Balaban J connectivity index is 1.02. The van der Waals surface area contributed by atoms with Crippen molar-refractivity contribution in [3.05, 3.63) is 58.9 Å². The van der Waals surface area contributed by atoms with Gasteiger partial charge in [0.2, 0.25) is 5.91 Å². The van der Waals surface area contributed by atoms with Crippen LogP contribution in [0.15, 0.2) is 36.5 Å². The number of nitrogens with zero attached hydrogens (tertiary/aromatic N) is 2. The summed E-state index contributed by atoms with van der Waals surface area (Å²) in [4.78, 5) is 24.7. The van der Waals surface area contributed by atoms with E-state index < -0.39 is 11.5 Å². The van der Waals surface area contributed by atoms with Crippen LogP contribution in [0.3, 0.4) is 0 Å². The van der Waals surface area contributed by atoms with E-state index in [1.54, 1.807) is 26.1 Å². The number of primary amides is 1. The Hall–Kier alpha value is -3.59. The minimum atomic E-state index is -0.924. The minimum Gasteiger partial charge on any atom is -0.490 e. The standard InChI is InChI=1S/C31H38N4O5/c1-18-4-8-25(23(10-18)29(32)37)40-22-14-31(15-22)12-21(13-31)34-27(36)11-20-16-33-35-24(20)7-9-26(28(35)19-5-6-19)39-17-30(2,3)38/h4,7-10,16,19,21-22,38H,5-6,11-15,17H2,1-3H3,(H2,32,37)(H,34,36). The second-order valence-corrected chi connectivity index (χ2v) is 12.8. The summed E-state index contributed by atoms with van der Waals surface area (Å²) in [5.74, 6) is 1.21. The molecule has 3 aliphatic rings. The minimum absolute atomic E-state index is 0.00274. The molecule has 0 saturated heterocycles. The van der Waals surface area contributed by atoms with Crippen molar-refractivity contribution in [1.82, 2.24) is 14.9 Å². The van der Waals surface area contributed by atoms with Crippen LogP contribution >= 0.6 is 0 Å². The van der Waals surface area contributed by atoms with Crippen LogP contribution in [0, 0.1) is 12.3 Å². The summed E-state index contributed by atoms with van der Waals surface area (Å²) in [6, 6.07) is 9.56. The van der Waals surface area contributed by atoms with Gasteiger partial charge >= 0.3 is 0 Å². The van der Waals surface area contributed by atoms with Crippen molar-refractivity contribution in [3.63, 3.8) is 0 Å². The average molecular weight is 547 g/mol. The van der Waals surface area contributed by atoms with Crippen molar-refractivity contribution in [2.45, 2.75) is 89.4 Å². The molecular formula is C31H38N4O5. The van der Waals surface area contributed by atoms with Crippen molar-refractivity contribution in [2.24, 2.45) is 11.1 Å². The number of ether oxygens (including phenoxy) is 2. The first-order valence-corrected chi connectivity index (χ1v) is 14.2. The zero-order valence-electron chi connectivity index (χ0n) is 23.4. The molecule has 212 valence electrons. The summed E-state index contributed by atoms with van der Waals surface area (Å²) in [6.07, 6.45) is 8.01. The van der Waals surface area contributed by atoms with Crippen LogP contribution in [0.2, 0.25) is 0 Å². The fraction of sp³-hybridized carbons (Fsp3) is 0.516. The highest BCUT2D eigenvalue weighted by molar-refractivity contribution is 5.95. The van der Waals surface area contributed by atoms with E-state index in [9.17, 15) is 14.7 Å². The number of aromatic nitrogens is 2. The first kappa shape index (κ1) is 26.6. The number of aliphatic hydroxyl groups is 1.